The standard InChI is InChI=1S/C15H19N3O4/c1-10-4-5-11(7-17-10)15(21)22-9-13(19)18-6-2-3-12(8-18)14(16)20/h4-5,7,12H,2-3,6,8-9H2,1H3,(H2,16,20)/t12-/m1/s1. The second-order valence-electron chi connectivity index (χ2n) is 5.35. The van der Waals surface area contributed by atoms with Gasteiger partial charge in [-0.3, -0.25) is 14.6 Å². The van der Waals surface area contributed by atoms with Crippen LogP contribution in [-0.4, -0.2) is 47.4 Å². The lowest BCUT2D eigenvalue weighted by Gasteiger charge is -2.31. The predicted molar refractivity (Wildman–Crippen MR) is 77.8 cm³/mol. The summed E-state index contributed by atoms with van der Waals surface area (Å²) in [5.41, 5.74) is 6.36. The van der Waals surface area contributed by atoms with E-state index in [9.17, 15) is 14.4 Å². The highest BCUT2D eigenvalue weighted by Gasteiger charge is 2.27. The highest BCUT2D eigenvalue weighted by Crippen LogP contribution is 2.16. The smallest absolute Gasteiger partial charge is 0.340 e. The number of aryl methyl sites for hydroxylation is 1. The molecule has 2 amide bonds. The lowest BCUT2D eigenvalue weighted by atomic mass is 9.97. The summed E-state index contributed by atoms with van der Waals surface area (Å²) in [6.45, 7) is 2.30. The number of aromatic nitrogens is 1. The average molecular weight is 305 g/mol. The van der Waals surface area contributed by atoms with Gasteiger partial charge in [-0.2, -0.15) is 0 Å². The van der Waals surface area contributed by atoms with Crippen molar-refractivity contribution in [3.63, 3.8) is 0 Å². The zero-order chi connectivity index (χ0) is 16.1. The molecule has 1 aliphatic heterocycles. The van der Waals surface area contributed by atoms with Crippen LogP contribution in [0.2, 0.25) is 0 Å². The Bertz CT molecular complexity index is 571. The maximum Gasteiger partial charge on any atom is 0.340 e. The van der Waals surface area contributed by atoms with Gasteiger partial charge in [-0.1, -0.05) is 0 Å². The van der Waals surface area contributed by atoms with Gasteiger partial charge in [-0.15, -0.1) is 0 Å². The number of carbonyl (C=O) groups is 3. The minimum atomic E-state index is -0.593. The number of nitrogens with two attached hydrogens (primary N) is 1. The highest BCUT2D eigenvalue weighted by atomic mass is 16.5. The van der Waals surface area contributed by atoms with Crippen molar-refractivity contribution in [3.8, 4) is 0 Å². The average Bonchev–Trinajstić information content (AvgIpc) is 2.53. The third-order valence-corrected chi connectivity index (χ3v) is 3.65. The van der Waals surface area contributed by atoms with Gasteiger partial charge in [0, 0.05) is 25.0 Å². The molecular formula is C15H19N3O4. The Hall–Kier alpha value is -2.44. The minimum absolute atomic E-state index is 0.289. The number of primary amides is 1. The lowest BCUT2D eigenvalue weighted by Crippen LogP contribution is -2.45. The predicted octanol–water partition coefficient (Wildman–Crippen LogP) is 0.271. The summed E-state index contributed by atoms with van der Waals surface area (Å²) in [6, 6.07) is 3.29. The van der Waals surface area contributed by atoms with Crippen LogP contribution in [-0.2, 0) is 14.3 Å². The van der Waals surface area contributed by atoms with Gasteiger partial charge in [0.1, 0.15) is 0 Å². The second kappa shape index (κ2) is 7.02. The fourth-order valence-electron chi connectivity index (χ4n) is 2.33. The molecule has 0 bridgehead atoms. The molecule has 0 unspecified atom stereocenters. The maximum atomic E-state index is 12.0. The van der Waals surface area contributed by atoms with Crippen molar-refractivity contribution in [2.45, 2.75) is 19.8 Å². The van der Waals surface area contributed by atoms with Crippen molar-refractivity contribution in [1.29, 1.82) is 0 Å². The molecule has 1 saturated heterocycles. The number of carbonyl (C=O) groups excluding carboxylic acids is 3. The normalized spacial score (nSPS) is 17.9. The summed E-state index contributed by atoms with van der Waals surface area (Å²) in [5.74, 6) is -1.64. The zero-order valence-electron chi connectivity index (χ0n) is 12.4. The molecule has 1 aromatic rings. The number of rotatable bonds is 4. The number of piperidine rings is 1. The summed E-state index contributed by atoms with van der Waals surface area (Å²) in [7, 11) is 0. The monoisotopic (exact) mass is 305 g/mol. The van der Waals surface area contributed by atoms with E-state index in [1.54, 1.807) is 12.1 Å². The number of ether oxygens (including phenoxy) is 1. The molecule has 1 aromatic heterocycles. The Morgan fingerprint density at radius 3 is 2.82 bits per heavy atom. The largest absolute Gasteiger partial charge is 0.452 e. The summed E-state index contributed by atoms with van der Waals surface area (Å²) >= 11 is 0. The van der Waals surface area contributed by atoms with Gasteiger partial charge in [0.25, 0.3) is 5.91 Å². The molecule has 2 heterocycles. The summed E-state index contributed by atoms with van der Waals surface area (Å²) in [4.78, 5) is 40.6. The molecular weight excluding hydrogens is 286 g/mol. The number of hydrogen-bond acceptors (Lipinski definition) is 5. The fraction of sp³-hybridized carbons (Fsp3) is 0.467. The first kappa shape index (κ1) is 15.9. The first-order valence-corrected chi connectivity index (χ1v) is 7.14. The molecule has 0 aliphatic carbocycles. The van der Waals surface area contributed by atoms with Crippen LogP contribution in [0.3, 0.4) is 0 Å². The molecule has 2 N–H and O–H groups in total. The molecule has 1 aliphatic rings. The van der Waals surface area contributed by atoms with E-state index in [1.807, 2.05) is 6.92 Å². The summed E-state index contributed by atoms with van der Waals surface area (Å²) in [5, 5.41) is 0. The summed E-state index contributed by atoms with van der Waals surface area (Å²) < 4.78 is 4.99. The van der Waals surface area contributed by atoms with Crippen molar-refractivity contribution < 1.29 is 19.1 Å². The number of pyridine rings is 1. The van der Waals surface area contributed by atoms with Crippen molar-refractivity contribution in [2.75, 3.05) is 19.7 Å². The molecule has 0 saturated carbocycles. The Balaban J connectivity index is 1.85. The molecule has 1 atom stereocenters. The van der Waals surface area contributed by atoms with Crippen molar-refractivity contribution in [2.24, 2.45) is 11.7 Å². The number of amides is 2. The van der Waals surface area contributed by atoms with Crippen LogP contribution in [0.5, 0.6) is 0 Å². The Kier molecular flexibility index (Phi) is 5.08. The van der Waals surface area contributed by atoms with Crippen LogP contribution < -0.4 is 5.73 Å². The van der Waals surface area contributed by atoms with E-state index in [4.69, 9.17) is 10.5 Å². The van der Waals surface area contributed by atoms with E-state index in [0.717, 1.165) is 12.1 Å². The van der Waals surface area contributed by atoms with E-state index in [1.165, 1.54) is 11.1 Å². The first-order valence-electron chi connectivity index (χ1n) is 7.14. The van der Waals surface area contributed by atoms with Crippen LogP contribution in [0.15, 0.2) is 18.3 Å². The second-order valence-corrected chi connectivity index (χ2v) is 5.35. The maximum absolute atomic E-state index is 12.0. The Labute approximate surface area is 128 Å². The van der Waals surface area contributed by atoms with E-state index in [0.29, 0.717) is 18.5 Å². The quantitative estimate of drug-likeness (QED) is 0.804. The van der Waals surface area contributed by atoms with E-state index >= 15 is 0 Å². The molecule has 7 nitrogen and oxygen atoms in total. The molecule has 0 radical (unpaired) electrons. The lowest BCUT2D eigenvalue weighted by molar-refractivity contribution is -0.137. The van der Waals surface area contributed by atoms with Crippen molar-refractivity contribution in [3.05, 3.63) is 29.6 Å². The van der Waals surface area contributed by atoms with E-state index in [2.05, 4.69) is 4.98 Å². The zero-order valence-corrected chi connectivity index (χ0v) is 12.4. The van der Waals surface area contributed by atoms with Gasteiger partial charge in [-0.05, 0) is 31.9 Å². The molecule has 22 heavy (non-hydrogen) atoms. The van der Waals surface area contributed by atoms with Gasteiger partial charge in [0.05, 0.1) is 11.5 Å². The van der Waals surface area contributed by atoms with Gasteiger partial charge >= 0.3 is 5.97 Å². The molecule has 118 valence electrons. The van der Waals surface area contributed by atoms with Crippen LogP contribution in [0.4, 0.5) is 0 Å². The van der Waals surface area contributed by atoms with Gasteiger partial charge in [-0.25, -0.2) is 4.79 Å². The number of nitrogens with zero attached hydrogens (tertiary/aromatic N) is 2. The molecule has 0 aromatic carbocycles. The Morgan fingerprint density at radius 2 is 2.18 bits per heavy atom. The van der Waals surface area contributed by atoms with Crippen molar-refractivity contribution >= 4 is 17.8 Å². The number of hydrogen-bond donors (Lipinski definition) is 1. The third-order valence-electron chi connectivity index (χ3n) is 3.65. The molecule has 2 rings (SSSR count). The van der Waals surface area contributed by atoms with Gasteiger partial charge in [0.15, 0.2) is 6.61 Å². The van der Waals surface area contributed by atoms with Crippen LogP contribution in [0.1, 0.15) is 28.9 Å². The van der Waals surface area contributed by atoms with Crippen LogP contribution >= 0.6 is 0 Å². The number of esters is 1. The first-order chi connectivity index (χ1) is 10.5. The minimum Gasteiger partial charge on any atom is -0.452 e. The van der Waals surface area contributed by atoms with E-state index in [-0.39, 0.29) is 25.0 Å². The van der Waals surface area contributed by atoms with Gasteiger partial charge in [0.2, 0.25) is 5.91 Å². The molecule has 0 spiro atoms. The molecule has 1 fully saturated rings. The van der Waals surface area contributed by atoms with E-state index < -0.39 is 11.9 Å². The number of likely N-dealkylation sites (tertiary alicyclic amines) is 1. The van der Waals surface area contributed by atoms with Crippen LogP contribution in [0.25, 0.3) is 0 Å². The summed E-state index contributed by atoms with van der Waals surface area (Å²) in [6.07, 6.45) is 2.81. The molecule has 7 heteroatoms. The van der Waals surface area contributed by atoms with Crippen LogP contribution in [0, 0.1) is 12.8 Å². The highest BCUT2D eigenvalue weighted by molar-refractivity contribution is 5.91. The van der Waals surface area contributed by atoms with Gasteiger partial charge < -0.3 is 15.4 Å². The Morgan fingerprint density at radius 1 is 1.41 bits per heavy atom. The fourth-order valence-corrected chi connectivity index (χ4v) is 2.33. The topological polar surface area (TPSA) is 103 Å². The SMILES string of the molecule is Cc1ccc(C(=O)OCC(=O)N2CCC[C@@H](C(N)=O)C2)cn1. The van der Waals surface area contributed by atoms with Crippen molar-refractivity contribution in [1.82, 2.24) is 9.88 Å². The third kappa shape index (κ3) is 4.03.